The lowest BCUT2D eigenvalue weighted by Crippen LogP contribution is -2.27. The number of benzene rings is 1. The van der Waals surface area contributed by atoms with Crippen molar-refractivity contribution >= 4 is 16.8 Å². The SMILES string of the molecule is CCn1cc(-c2cc(C(=O)N3CCCC3)c3ccccc3n2)cn1. The zero-order chi connectivity index (χ0) is 16.5. The average Bonchev–Trinajstić information content (AvgIpc) is 3.31. The summed E-state index contributed by atoms with van der Waals surface area (Å²) in [5, 5.41) is 5.24. The van der Waals surface area contributed by atoms with E-state index in [4.69, 9.17) is 4.98 Å². The molecule has 1 aliphatic heterocycles. The minimum Gasteiger partial charge on any atom is -0.339 e. The van der Waals surface area contributed by atoms with Gasteiger partial charge in [-0.05, 0) is 31.9 Å². The fourth-order valence-corrected chi connectivity index (χ4v) is 3.26. The van der Waals surface area contributed by atoms with E-state index in [1.165, 1.54) is 0 Å². The van der Waals surface area contributed by atoms with Crippen LogP contribution in [0.2, 0.25) is 0 Å². The molecule has 24 heavy (non-hydrogen) atoms. The number of rotatable bonds is 3. The molecule has 122 valence electrons. The van der Waals surface area contributed by atoms with Crippen molar-refractivity contribution in [3.63, 3.8) is 0 Å². The van der Waals surface area contributed by atoms with Gasteiger partial charge >= 0.3 is 0 Å². The van der Waals surface area contributed by atoms with Crippen molar-refractivity contribution in [3.8, 4) is 11.3 Å². The number of carbonyl (C=O) groups is 1. The Morgan fingerprint density at radius 2 is 2.00 bits per heavy atom. The summed E-state index contributed by atoms with van der Waals surface area (Å²) >= 11 is 0. The van der Waals surface area contributed by atoms with Crippen LogP contribution < -0.4 is 0 Å². The van der Waals surface area contributed by atoms with Crippen LogP contribution in [0, 0.1) is 0 Å². The second-order valence-electron chi connectivity index (χ2n) is 6.16. The molecular formula is C19H20N4O. The van der Waals surface area contributed by atoms with Crippen LogP contribution in [-0.2, 0) is 6.54 Å². The van der Waals surface area contributed by atoms with Crippen LogP contribution in [-0.4, -0.2) is 38.7 Å². The topological polar surface area (TPSA) is 51.0 Å². The van der Waals surface area contributed by atoms with Gasteiger partial charge in [0.25, 0.3) is 5.91 Å². The summed E-state index contributed by atoms with van der Waals surface area (Å²) in [6.45, 7) is 4.55. The highest BCUT2D eigenvalue weighted by Gasteiger charge is 2.22. The first-order valence-electron chi connectivity index (χ1n) is 8.48. The third-order valence-electron chi connectivity index (χ3n) is 4.59. The van der Waals surface area contributed by atoms with Crippen molar-refractivity contribution in [2.24, 2.45) is 0 Å². The van der Waals surface area contributed by atoms with Crippen LogP contribution in [0.25, 0.3) is 22.2 Å². The maximum Gasteiger partial charge on any atom is 0.254 e. The lowest BCUT2D eigenvalue weighted by atomic mass is 10.0. The minimum absolute atomic E-state index is 0.107. The van der Waals surface area contributed by atoms with Gasteiger partial charge in [0.05, 0.1) is 23.0 Å². The number of aryl methyl sites for hydroxylation is 1. The van der Waals surface area contributed by atoms with Crippen molar-refractivity contribution in [2.45, 2.75) is 26.3 Å². The highest BCUT2D eigenvalue weighted by molar-refractivity contribution is 6.07. The largest absolute Gasteiger partial charge is 0.339 e. The smallest absolute Gasteiger partial charge is 0.254 e. The van der Waals surface area contributed by atoms with Crippen LogP contribution >= 0.6 is 0 Å². The maximum atomic E-state index is 13.0. The van der Waals surface area contributed by atoms with Gasteiger partial charge in [0.15, 0.2) is 0 Å². The van der Waals surface area contributed by atoms with Gasteiger partial charge in [-0.25, -0.2) is 4.98 Å². The molecule has 0 bridgehead atoms. The number of carbonyl (C=O) groups excluding carboxylic acids is 1. The average molecular weight is 320 g/mol. The number of fused-ring (bicyclic) bond motifs is 1. The highest BCUT2D eigenvalue weighted by Crippen LogP contribution is 2.26. The third-order valence-corrected chi connectivity index (χ3v) is 4.59. The van der Waals surface area contributed by atoms with Crippen molar-refractivity contribution in [1.29, 1.82) is 0 Å². The molecule has 3 aromatic rings. The Hall–Kier alpha value is -2.69. The van der Waals surface area contributed by atoms with E-state index in [0.717, 1.165) is 60.2 Å². The summed E-state index contributed by atoms with van der Waals surface area (Å²) in [5.74, 6) is 0.107. The van der Waals surface area contributed by atoms with Crippen LogP contribution in [0.1, 0.15) is 30.1 Å². The van der Waals surface area contributed by atoms with Crippen molar-refractivity contribution in [1.82, 2.24) is 19.7 Å². The summed E-state index contributed by atoms with van der Waals surface area (Å²) in [5.41, 5.74) is 3.33. The first kappa shape index (κ1) is 14.9. The summed E-state index contributed by atoms with van der Waals surface area (Å²) in [6, 6.07) is 9.77. The Morgan fingerprint density at radius 1 is 1.21 bits per heavy atom. The van der Waals surface area contributed by atoms with Gasteiger partial charge in [0.2, 0.25) is 0 Å². The van der Waals surface area contributed by atoms with Gasteiger partial charge in [0.1, 0.15) is 0 Å². The third kappa shape index (κ3) is 2.56. The van der Waals surface area contributed by atoms with E-state index in [1.807, 2.05) is 59.2 Å². The Morgan fingerprint density at radius 3 is 2.75 bits per heavy atom. The summed E-state index contributed by atoms with van der Waals surface area (Å²) in [7, 11) is 0. The molecular weight excluding hydrogens is 300 g/mol. The lowest BCUT2D eigenvalue weighted by Gasteiger charge is -2.17. The number of nitrogens with zero attached hydrogens (tertiary/aromatic N) is 4. The van der Waals surface area contributed by atoms with Gasteiger partial charge in [-0.15, -0.1) is 0 Å². The molecule has 0 N–H and O–H groups in total. The number of hydrogen-bond acceptors (Lipinski definition) is 3. The molecule has 1 fully saturated rings. The normalized spacial score (nSPS) is 14.5. The van der Waals surface area contributed by atoms with E-state index in [0.29, 0.717) is 0 Å². The second-order valence-corrected chi connectivity index (χ2v) is 6.16. The van der Waals surface area contributed by atoms with Crippen LogP contribution in [0.15, 0.2) is 42.7 Å². The predicted molar refractivity (Wildman–Crippen MR) is 93.8 cm³/mol. The summed E-state index contributed by atoms with van der Waals surface area (Å²) in [6.07, 6.45) is 5.96. The molecule has 1 aliphatic rings. The zero-order valence-electron chi connectivity index (χ0n) is 13.8. The molecule has 3 heterocycles. The van der Waals surface area contributed by atoms with E-state index in [-0.39, 0.29) is 5.91 Å². The number of aromatic nitrogens is 3. The van der Waals surface area contributed by atoms with Gasteiger partial charge < -0.3 is 4.90 Å². The maximum absolute atomic E-state index is 13.0. The van der Waals surface area contributed by atoms with Crippen molar-refractivity contribution < 1.29 is 4.79 Å². The zero-order valence-corrected chi connectivity index (χ0v) is 13.8. The van der Waals surface area contributed by atoms with E-state index in [1.54, 1.807) is 0 Å². The molecule has 2 aromatic heterocycles. The Kier molecular flexibility index (Phi) is 3.76. The summed E-state index contributed by atoms with van der Waals surface area (Å²) < 4.78 is 1.87. The Balaban J connectivity index is 1.85. The fraction of sp³-hybridized carbons (Fsp3) is 0.316. The van der Waals surface area contributed by atoms with Crippen LogP contribution in [0.3, 0.4) is 0 Å². The molecule has 1 aromatic carbocycles. The van der Waals surface area contributed by atoms with Gasteiger partial charge in [-0.3, -0.25) is 9.48 Å². The quantitative estimate of drug-likeness (QED) is 0.743. The van der Waals surface area contributed by atoms with E-state index >= 15 is 0 Å². The monoisotopic (exact) mass is 320 g/mol. The van der Waals surface area contributed by atoms with Gasteiger partial charge in [-0.1, -0.05) is 18.2 Å². The molecule has 0 aliphatic carbocycles. The molecule has 4 rings (SSSR count). The van der Waals surface area contributed by atoms with Crippen molar-refractivity contribution in [2.75, 3.05) is 13.1 Å². The Labute approximate surface area is 140 Å². The number of pyridine rings is 1. The van der Waals surface area contributed by atoms with Crippen LogP contribution in [0.4, 0.5) is 0 Å². The number of para-hydroxylation sites is 1. The molecule has 0 saturated carbocycles. The first-order valence-corrected chi connectivity index (χ1v) is 8.48. The van der Waals surface area contributed by atoms with Crippen LogP contribution in [0.5, 0.6) is 0 Å². The number of amides is 1. The first-order chi connectivity index (χ1) is 11.8. The highest BCUT2D eigenvalue weighted by atomic mass is 16.2. The second kappa shape index (κ2) is 6.07. The molecule has 1 amide bonds. The Bertz CT molecular complexity index is 893. The molecule has 0 radical (unpaired) electrons. The van der Waals surface area contributed by atoms with E-state index in [2.05, 4.69) is 5.10 Å². The minimum atomic E-state index is 0.107. The molecule has 0 unspecified atom stereocenters. The van der Waals surface area contributed by atoms with Gasteiger partial charge in [-0.2, -0.15) is 5.10 Å². The number of likely N-dealkylation sites (tertiary alicyclic amines) is 1. The molecule has 5 nitrogen and oxygen atoms in total. The molecule has 0 spiro atoms. The molecule has 0 atom stereocenters. The summed E-state index contributed by atoms with van der Waals surface area (Å²) in [4.78, 5) is 19.7. The van der Waals surface area contributed by atoms with Crippen molar-refractivity contribution in [3.05, 3.63) is 48.3 Å². The van der Waals surface area contributed by atoms with Gasteiger partial charge in [0, 0.05) is 36.8 Å². The molecule has 1 saturated heterocycles. The fourth-order valence-electron chi connectivity index (χ4n) is 3.26. The van der Waals surface area contributed by atoms with E-state index < -0.39 is 0 Å². The lowest BCUT2D eigenvalue weighted by molar-refractivity contribution is 0.0794. The molecule has 5 heteroatoms. The number of hydrogen-bond donors (Lipinski definition) is 0. The predicted octanol–water partition coefficient (Wildman–Crippen LogP) is 3.35. The standard InChI is InChI=1S/C19H20N4O/c1-2-23-13-14(12-20-23)18-11-16(19(24)22-9-5-6-10-22)15-7-3-4-8-17(15)21-18/h3-4,7-8,11-13H,2,5-6,9-10H2,1H3. The van der Waals surface area contributed by atoms with E-state index in [9.17, 15) is 4.79 Å².